The van der Waals surface area contributed by atoms with Gasteiger partial charge in [0.25, 0.3) is 11.6 Å². The van der Waals surface area contributed by atoms with E-state index in [1.807, 2.05) is 37.3 Å². The molecule has 0 aliphatic heterocycles. The summed E-state index contributed by atoms with van der Waals surface area (Å²) < 4.78 is 0. The van der Waals surface area contributed by atoms with E-state index in [0.717, 1.165) is 5.56 Å². The van der Waals surface area contributed by atoms with Gasteiger partial charge in [0.15, 0.2) is 0 Å². The molecule has 124 valence electrons. The molecular weight excluding hydrogens is 310 g/mol. The highest BCUT2D eigenvalue weighted by Crippen LogP contribution is 2.17. The van der Waals surface area contributed by atoms with Crippen LogP contribution >= 0.6 is 0 Å². The van der Waals surface area contributed by atoms with Crippen molar-refractivity contribution >= 4 is 17.5 Å². The molecule has 0 saturated carbocycles. The summed E-state index contributed by atoms with van der Waals surface area (Å²) in [7, 11) is 0. The molecule has 2 aromatic rings. The molecule has 0 fully saturated rings. The lowest BCUT2D eigenvalue weighted by molar-refractivity contribution is -0.384. The summed E-state index contributed by atoms with van der Waals surface area (Å²) in [5.41, 5.74) is 5.79. The van der Waals surface area contributed by atoms with Gasteiger partial charge >= 0.3 is 0 Å². The zero-order chi connectivity index (χ0) is 17.5. The molecule has 0 bridgehead atoms. The van der Waals surface area contributed by atoms with Crippen LogP contribution in [0.1, 0.15) is 35.2 Å². The lowest BCUT2D eigenvalue weighted by Crippen LogP contribution is -2.41. The Balaban J connectivity index is 1.84. The summed E-state index contributed by atoms with van der Waals surface area (Å²) in [5.74, 6) is -0.838. The number of amides is 2. The Hall–Kier alpha value is -3.22. The molecule has 2 N–H and O–H groups in total. The molecule has 1 atom stereocenters. The van der Waals surface area contributed by atoms with Crippen LogP contribution in [-0.4, -0.2) is 16.7 Å². The Morgan fingerprint density at radius 3 is 2.25 bits per heavy atom. The first-order valence-electron chi connectivity index (χ1n) is 7.36. The fourth-order valence-corrected chi connectivity index (χ4v) is 2.16. The van der Waals surface area contributed by atoms with Gasteiger partial charge in [-0.05, 0) is 23.6 Å². The van der Waals surface area contributed by atoms with Crippen LogP contribution in [0.3, 0.4) is 0 Å². The second kappa shape index (κ2) is 7.87. The van der Waals surface area contributed by atoms with E-state index >= 15 is 0 Å². The molecule has 7 nitrogen and oxygen atoms in total. The Labute approximate surface area is 138 Å². The van der Waals surface area contributed by atoms with E-state index in [0.29, 0.717) is 0 Å². The number of hydrogen-bond acceptors (Lipinski definition) is 4. The third-order valence-electron chi connectivity index (χ3n) is 3.52. The van der Waals surface area contributed by atoms with Crippen LogP contribution in [0, 0.1) is 10.1 Å². The third-order valence-corrected chi connectivity index (χ3v) is 3.52. The lowest BCUT2D eigenvalue weighted by Gasteiger charge is -2.12. The van der Waals surface area contributed by atoms with Gasteiger partial charge in [0.05, 0.1) is 4.92 Å². The summed E-state index contributed by atoms with van der Waals surface area (Å²) in [6.07, 6.45) is 0.227. The predicted molar refractivity (Wildman–Crippen MR) is 88.2 cm³/mol. The smallest absolute Gasteiger partial charge is 0.269 e. The molecule has 0 spiro atoms. The fraction of sp³-hybridized carbons (Fsp3) is 0.176. The minimum absolute atomic E-state index is 0.0162. The average Bonchev–Trinajstić information content (AvgIpc) is 2.60. The zero-order valence-electron chi connectivity index (χ0n) is 13.1. The molecule has 1 unspecified atom stereocenters. The Bertz CT molecular complexity index is 729. The van der Waals surface area contributed by atoms with Crippen molar-refractivity contribution in [2.75, 3.05) is 0 Å². The highest BCUT2D eigenvalue weighted by Gasteiger charge is 2.13. The molecule has 0 heterocycles. The summed E-state index contributed by atoms with van der Waals surface area (Å²) in [5, 5.41) is 10.6. The number of nitro benzene ring substituents is 1. The van der Waals surface area contributed by atoms with Crippen molar-refractivity contribution in [1.82, 2.24) is 10.9 Å². The molecule has 0 aromatic heterocycles. The van der Waals surface area contributed by atoms with Gasteiger partial charge in [-0.3, -0.25) is 30.6 Å². The average molecular weight is 327 g/mol. The van der Waals surface area contributed by atoms with Gasteiger partial charge in [-0.15, -0.1) is 0 Å². The summed E-state index contributed by atoms with van der Waals surface area (Å²) in [6, 6.07) is 14.7. The summed E-state index contributed by atoms with van der Waals surface area (Å²) >= 11 is 0. The van der Waals surface area contributed by atoms with Gasteiger partial charge in [0, 0.05) is 24.1 Å². The van der Waals surface area contributed by atoms with Gasteiger partial charge in [-0.25, -0.2) is 0 Å². The number of nitrogens with one attached hydrogen (secondary N) is 2. The minimum atomic E-state index is -0.547. The van der Waals surface area contributed by atoms with Crippen molar-refractivity contribution < 1.29 is 14.5 Å². The number of carbonyl (C=O) groups is 2. The van der Waals surface area contributed by atoms with Crippen LogP contribution in [0.25, 0.3) is 0 Å². The van der Waals surface area contributed by atoms with Crippen LogP contribution < -0.4 is 10.9 Å². The summed E-state index contributed by atoms with van der Waals surface area (Å²) in [6.45, 7) is 1.92. The van der Waals surface area contributed by atoms with E-state index in [-0.39, 0.29) is 29.5 Å². The highest BCUT2D eigenvalue weighted by molar-refractivity contribution is 5.95. The van der Waals surface area contributed by atoms with E-state index in [2.05, 4.69) is 10.9 Å². The number of nitro groups is 1. The van der Waals surface area contributed by atoms with Crippen LogP contribution in [-0.2, 0) is 4.79 Å². The normalized spacial score (nSPS) is 11.4. The number of hydrazine groups is 1. The Morgan fingerprint density at radius 1 is 1.04 bits per heavy atom. The second-order valence-corrected chi connectivity index (χ2v) is 5.32. The van der Waals surface area contributed by atoms with Crippen molar-refractivity contribution in [2.45, 2.75) is 19.3 Å². The largest absolute Gasteiger partial charge is 0.273 e. The second-order valence-electron chi connectivity index (χ2n) is 5.32. The fourth-order valence-electron chi connectivity index (χ4n) is 2.16. The molecule has 0 aliphatic rings. The molecule has 2 aromatic carbocycles. The molecule has 0 radical (unpaired) electrons. The SMILES string of the molecule is CC(CC(=O)NNC(=O)c1ccc([N+](=O)[O-])cc1)c1ccccc1. The summed E-state index contributed by atoms with van der Waals surface area (Å²) in [4.78, 5) is 33.8. The van der Waals surface area contributed by atoms with Gasteiger partial charge in [-0.1, -0.05) is 37.3 Å². The maximum atomic E-state index is 11.9. The van der Waals surface area contributed by atoms with Gasteiger partial charge < -0.3 is 0 Å². The van der Waals surface area contributed by atoms with Crippen molar-refractivity contribution in [3.63, 3.8) is 0 Å². The number of rotatable bonds is 5. The van der Waals surface area contributed by atoms with E-state index in [4.69, 9.17) is 0 Å². The first-order chi connectivity index (χ1) is 11.5. The molecule has 2 amide bonds. The van der Waals surface area contributed by atoms with Crippen LogP contribution in [0.4, 0.5) is 5.69 Å². The topological polar surface area (TPSA) is 101 Å². The number of hydrogen-bond donors (Lipinski definition) is 2. The van der Waals surface area contributed by atoms with Gasteiger partial charge in [-0.2, -0.15) is 0 Å². The molecule has 0 aliphatic carbocycles. The van der Waals surface area contributed by atoms with E-state index in [1.165, 1.54) is 24.3 Å². The van der Waals surface area contributed by atoms with Gasteiger partial charge in [0.1, 0.15) is 0 Å². The molecular formula is C17H17N3O4. The maximum Gasteiger partial charge on any atom is 0.269 e. The van der Waals surface area contributed by atoms with Crippen molar-refractivity contribution in [2.24, 2.45) is 0 Å². The number of benzene rings is 2. The van der Waals surface area contributed by atoms with E-state index in [1.54, 1.807) is 0 Å². The standard InChI is InChI=1S/C17H17N3O4/c1-12(13-5-3-2-4-6-13)11-16(21)18-19-17(22)14-7-9-15(10-8-14)20(23)24/h2-10,12H,11H2,1H3,(H,18,21)(H,19,22). The Kier molecular flexibility index (Phi) is 5.62. The molecule has 24 heavy (non-hydrogen) atoms. The number of nitrogens with zero attached hydrogens (tertiary/aromatic N) is 1. The Morgan fingerprint density at radius 2 is 1.67 bits per heavy atom. The van der Waals surface area contributed by atoms with E-state index < -0.39 is 10.8 Å². The molecule has 2 rings (SSSR count). The van der Waals surface area contributed by atoms with Crippen LogP contribution in [0.5, 0.6) is 0 Å². The highest BCUT2D eigenvalue weighted by atomic mass is 16.6. The van der Waals surface area contributed by atoms with Gasteiger partial charge in [0.2, 0.25) is 5.91 Å². The third kappa shape index (κ3) is 4.64. The quantitative estimate of drug-likeness (QED) is 0.651. The van der Waals surface area contributed by atoms with E-state index in [9.17, 15) is 19.7 Å². The maximum absolute atomic E-state index is 11.9. The molecule has 0 saturated heterocycles. The van der Waals surface area contributed by atoms with Crippen molar-refractivity contribution in [1.29, 1.82) is 0 Å². The lowest BCUT2D eigenvalue weighted by atomic mass is 9.98. The van der Waals surface area contributed by atoms with Crippen LogP contribution in [0.2, 0.25) is 0 Å². The zero-order valence-corrected chi connectivity index (χ0v) is 13.1. The number of carbonyl (C=O) groups excluding carboxylic acids is 2. The number of non-ortho nitro benzene ring substituents is 1. The first kappa shape index (κ1) is 17.1. The monoisotopic (exact) mass is 327 g/mol. The minimum Gasteiger partial charge on any atom is -0.273 e. The predicted octanol–water partition coefficient (Wildman–Crippen LogP) is 2.55. The first-order valence-corrected chi connectivity index (χ1v) is 7.36. The molecule has 7 heteroatoms. The van der Waals surface area contributed by atoms with Crippen molar-refractivity contribution in [3.8, 4) is 0 Å². The van der Waals surface area contributed by atoms with Crippen molar-refractivity contribution in [3.05, 3.63) is 75.8 Å². The van der Waals surface area contributed by atoms with Crippen LogP contribution in [0.15, 0.2) is 54.6 Å².